The molecule has 0 aromatic carbocycles. The summed E-state index contributed by atoms with van der Waals surface area (Å²) < 4.78 is 0. The number of hydrogen-bond donors (Lipinski definition) is 1. The van der Waals surface area contributed by atoms with Crippen LogP contribution in [-0.4, -0.2) is 62.6 Å². The molecule has 1 saturated heterocycles. The highest BCUT2D eigenvalue weighted by atomic mass is 16.3. The van der Waals surface area contributed by atoms with Crippen LogP contribution in [0.15, 0.2) is 18.5 Å². The van der Waals surface area contributed by atoms with E-state index in [1.165, 1.54) is 0 Å². The highest BCUT2D eigenvalue weighted by molar-refractivity contribution is 5.77. The minimum absolute atomic E-state index is 0.0984. The fraction of sp³-hybridized carbons (Fsp3) is 0.706. The van der Waals surface area contributed by atoms with Crippen molar-refractivity contribution in [2.24, 2.45) is 0 Å². The summed E-state index contributed by atoms with van der Waals surface area (Å²) in [6.45, 7) is 2.20. The monoisotopic (exact) mass is 318 g/mol. The molecule has 1 atom stereocenters. The van der Waals surface area contributed by atoms with Crippen molar-refractivity contribution in [3.63, 3.8) is 0 Å². The van der Waals surface area contributed by atoms with Crippen LogP contribution in [0.1, 0.15) is 44.3 Å². The molecule has 1 amide bonds. The Balaban J connectivity index is 1.50. The third-order valence-corrected chi connectivity index (χ3v) is 5.16. The normalized spacial score (nSPS) is 23.6. The van der Waals surface area contributed by atoms with Crippen LogP contribution in [0.4, 0.5) is 0 Å². The van der Waals surface area contributed by atoms with Crippen LogP contribution < -0.4 is 0 Å². The number of rotatable bonds is 5. The van der Waals surface area contributed by atoms with Gasteiger partial charge in [-0.3, -0.25) is 9.69 Å². The Labute approximate surface area is 137 Å². The lowest BCUT2D eigenvalue weighted by molar-refractivity contribution is -0.135. The molecule has 2 heterocycles. The second-order valence-electron chi connectivity index (χ2n) is 6.97. The molecule has 126 valence electrons. The topological polar surface area (TPSA) is 69.6 Å². The Kier molecular flexibility index (Phi) is 4.92. The maximum Gasteiger partial charge on any atom is 0.225 e. The van der Waals surface area contributed by atoms with E-state index in [4.69, 9.17) is 0 Å². The first-order chi connectivity index (χ1) is 11.1. The maximum atomic E-state index is 12.5. The Bertz CT molecular complexity index is 531. The number of carbonyl (C=O) groups is 1. The number of likely N-dealkylation sites (tertiary alicyclic amines) is 1. The quantitative estimate of drug-likeness (QED) is 0.883. The van der Waals surface area contributed by atoms with Crippen LogP contribution in [0.2, 0.25) is 0 Å². The first-order valence-corrected chi connectivity index (χ1v) is 8.52. The highest BCUT2D eigenvalue weighted by Crippen LogP contribution is 2.33. The lowest BCUT2D eigenvalue weighted by Gasteiger charge is -2.26. The van der Waals surface area contributed by atoms with Crippen molar-refractivity contribution in [1.82, 2.24) is 19.8 Å². The molecular weight excluding hydrogens is 292 g/mol. The van der Waals surface area contributed by atoms with Gasteiger partial charge in [-0.05, 0) is 32.4 Å². The number of hydrogen-bond acceptors (Lipinski definition) is 5. The molecule has 6 nitrogen and oxygen atoms in total. The van der Waals surface area contributed by atoms with Gasteiger partial charge in [0.25, 0.3) is 0 Å². The molecule has 1 N–H and O–H groups in total. The summed E-state index contributed by atoms with van der Waals surface area (Å²) in [6, 6.07) is 2.15. The summed E-state index contributed by atoms with van der Waals surface area (Å²) in [5, 5.41) is 10.4. The van der Waals surface area contributed by atoms with Crippen LogP contribution in [0, 0.1) is 0 Å². The summed E-state index contributed by atoms with van der Waals surface area (Å²) in [4.78, 5) is 25.1. The summed E-state index contributed by atoms with van der Waals surface area (Å²) in [7, 11) is 2.06. The van der Waals surface area contributed by atoms with E-state index < -0.39 is 5.60 Å². The average Bonchev–Trinajstić information content (AvgIpc) is 3.17. The summed E-state index contributed by atoms with van der Waals surface area (Å²) in [5.41, 5.74) is -0.751. The number of nitrogens with zero attached hydrogens (tertiary/aromatic N) is 4. The zero-order chi connectivity index (χ0) is 16.3. The van der Waals surface area contributed by atoms with Crippen molar-refractivity contribution >= 4 is 5.91 Å². The molecule has 2 fully saturated rings. The number of aromatic nitrogens is 2. The molecule has 1 saturated carbocycles. The zero-order valence-corrected chi connectivity index (χ0v) is 13.8. The van der Waals surface area contributed by atoms with Crippen LogP contribution in [-0.2, 0) is 11.3 Å². The van der Waals surface area contributed by atoms with Crippen molar-refractivity contribution in [2.75, 3.05) is 20.1 Å². The highest BCUT2D eigenvalue weighted by Gasteiger charge is 2.37. The fourth-order valence-corrected chi connectivity index (χ4v) is 3.70. The molecule has 23 heavy (non-hydrogen) atoms. The molecule has 1 aliphatic heterocycles. The summed E-state index contributed by atoms with van der Waals surface area (Å²) in [5.74, 6) is 0.904. The molecule has 0 bridgehead atoms. The fourth-order valence-electron chi connectivity index (χ4n) is 3.70. The molecule has 3 rings (SSSR count). The van der Waals surface area contributed by atoms with Gasteiger partial charge in [0.15, 0.2) is 0 Å². The third-order valence-electron chi connectivity index (χ3n) is 5.16. The number of aliphatic hydroxyl groups is 1. The van der Waals surface area contributed by atoms with Gasteiger partial charge in [-0.15, -0.1) is 0 Å². The van der Waals surface area contributed by atoms with Crippen molar-refractivity contribution in [1.29, 1.82) is 0 Å². The first kappa shape index (κ1) is 16.3. The van der Waals surface area contributed by atoms with E-state index in [0.29, 0.717) is 12.6 Å². The average molecular weight is 318 g/mol. The van der Waals surface area contributed by atoms with E-state index >= 15 is 0 Å². The van der Waals surface area contributed by atoms with Gasteiger partial charge in [0, 0.05) is 31.5 Å². The van der Waals surface area contributed by atoms with E-state index in [-0.39, 0.29) is 12.3 Å². The zero-order valence-electron chi connectivity index (χ0n) is 13.8. The van der Waals surface area contributed by atoms with Crippen molar-refractivity contribution < 1.29 is 9.90 Å². The predicted molar refractivity (Wildman–Crippen MR) is 86.5 cm³/mol. The Morgan fingerprint density at radius 3 is 2.78 bits per heavy atom. The standard InChI is InChI=1S/C17H26N4O2/c1-20(13-15-18-8-4-9-19-15)14-5-10-21(12-14)16(22)11-17(23)6-2-3-7-17/h4,8-9,14,23H,2-3,5-7,10-13H2,1H3/t14-/m0/s1. The summed E-state index contributed by atoms with van der Waals surface area (Å²) >= 11 is 0. The molecule has 1 aliphatic carbocycles. The van der Waals surface area contributed by atoms with Crippen LogP contribution in [0.3, 0.4) is 0 Å². The molecular formula is C17H26N4O2. The Morgan fingerprint density at radius 1 is 1.39 bits per heavy atom. The van der Waals surface area contributed by atoms with Gasteiger partial charge in [-0.2, -0.15) is 0 Å². The number of amides is 1. The number of likely N-dealkylation sites (N-methyl/N-ethyl adjacent to an activating group) is 1. The first-order valence-electron chi connectivity index (χ1n) is 8.52. The lowest BCUT2D eigenvalue weighted by atomic mass is 9.97. The van der Waals surface area contributed by atoms with E-state index in [0.717, 1.165) is 51.0 Å². The lowest BCUT2D eigenvalue weighted by Crippen LogP contribution is -2.39. The second-order valence-corrected chi connectivity index (χ2v) is 6.97. The predicted octanol–water partition coefficient (Wildman–Crippen LogP) is 1.20. The Hall–Kier alpha value is -1.53. The minimum atomic E-state index is -0.751. The second kappa shape index (κ2) is 6.93. The van der Waals surface area contributed by atoms with Crippen molar-refractivity contribution in [2.45, 2.75) is 56.7 Å². The largest absolute Gasteiger partial charge is 0.389 e. The van der Waals surface area contributed by atoms with Crippen LogP contribution >= 0.6 is 0 Å². The molecule has 1 aromatic heterocycles. The van der Waals surface area contributed by atoms with E-state index in [1.807, 2.05) is 11.0 Å². The van der Waals surface area contributed by atoms with Gasteiger partial charge in [-0.1, -0.05) is 12.8 Å². The molecule has 0 unspecified atom stereocenters. The molecule has 6 heteroatoms. The van der Waals surface area contributed by atoms with Gasteiger partial charge in [0.2, 0.25) is 5.91 Å². The van der Waals surface area contributed by atoms with E-state index in [1.54, 1.807) is 12.4 Å². The molecule has 0 spiro atoms. The maximum absolute atomic E-state index is 12.5. The number of carbonyl (C=O) groups excluding carboxylic acids is 1. The molecule has 2 aliphatic rings. The van der Waals surface area contributed by atoms with E-state index in [2.05, 4.69) is 21.9 Å². The molecule has 1 aromatic rings. The molecule has 0 radical (unpaired) electrons. The van der Waals surface area contributed by atoms with Crippen molar-refractivity contribution in [3.05, 3.63) is 24.3 Å². The van der Waals surface area contributed by atoms with Crippen LogP contribution in [0.25, 0.3) is 0 Å². The third kappa shape index (κ3) is 4.06. The Morgan fingerprint density at radius 2 is 2.09 bits per heavy atom. The van der Waals surface area contributed by atoms with E-state index in [9.17, 15) is 9.90 Å². The van der Waals surface area contributed by atoms with Crippen LogP contribution in [0.5, 0.6) is 0 Å². The van der Waals surface area contributed by atoms with Gasteiger partial charge in [-0.25, -0.2) is 9.97 Å². The van der Waals surface area contributed by atoms with Gasteiger partial charge in [0.05, 0.1) is 18.6 Å². The van der Waals surface area contributed by atoms with Gasteiger partial charge >= 0.3 is 0 Å². The summed E-state index contributed by atoms with van der Waals surface area (Å²) in [6.07, 6.45) is 8.35. The van der Waals surface area contributed by atoms with Gasteiger partial charge < -0.3 is 10.0 Å². The smallest absolute Gasteiger partial charge is 0.225 e. The van der Waals surface area contributed by atoms with Crippen molar-refractivity contribution in [3.8, 4) is 0 Å². The minimum Gasteiger partial charge on any atom is -0.389 e. The SMILES string of the molecule is CN(Cc1ncccn1)[C@H]1CCN(C(=O)CC2(O)CCCC2)C1. The van der Waals surface area contributed by atoms with Gasteiger partial charge in [0.1, 0.15) is 5.82 Å².